The van der Waals surface area contributed by atoms with Crippen molar-refractivity contribution < 1.29 is 24.2 Å². The molecule has 0 aliphatic carbocycles. The fourth-order valence-corrected chi connectivity index (χ4v) is 2.51. The van der Waals surface area contributed by atoms with Gasteiger partial charge in [0.1, 0.15) is 5.82 Å². The van der Waals surface area contributed by atoms with Gasteiger partial charge in [-0.1, -0.05) is 23.9 Å². The number of aliphatic carboxylic acids is 1. The van der Waals surface area contributed by atoms with Gasteiger partial charge < -0.3 is 10.2 Å². The predicted molar refractivity (Wildman–Crippen MR) is 75.3 cm³/mol. The van der Waals surface area contributed by atoms with Gasteiger partial charge in [-0.25, -0.2) is 9.18 Å². The van der Waals surface area contributed by atoms with Crippen LogP contribution in [0.5, 0.6) is 0 Å². The van der Waals surface area contributed by atoms with Crippen molar-refractivity contribution in [2.45, 2.75) is 16.2 Å². The molecule has 0 aliphatic heterocycles. The fraction of sp³-hybridized carbons (Fsp3) is 0.0667. The van der Waals surface area contributed by atoms with Gasteiger partial charge >= 0.3 is 11.9 Å². The summed E-state index contributed by atoms with van der Waals surface area (Å²) in [5.41, 5.74) is 0.558. The Morgan fingerprint density at radius 2 is 1.71 bits per heavy atom. The summed E-state index contributed by atoms with van der Waals surface area (Å²) >= 11 is 1.15. The Hall–Kier alpha value is -2.34. The number of carbonyl (C=O) groups is 2. The van der Waals surface area contributed by atoms with Gasteiger partial charge in [-0.2, -0.15) is 0 Å². The minimum absolute atomic E-state index is 0.0629. The monoisotopic (exact) mass is 306 g/mol. The Morgan fingerprint density at radius 1 is 1.05 bits per heavy atom. The third-order valence-corrected chi connectivity index (χ3v) is 3.74. The maximum Gasteiger partial charge on any atom is 0.335 e. The lowest BCUT2D eigenvalue weighted by Crippen LogP contribution is -1.99. The molecule has 2 rings (SSSR count). The lowest BCUT2D eigenvalue weighted by atomic mass is 10.2. The molecule has 2 N–H and O–H groups in total. The van der Waals surface area contributed by atoms with Crippen LogP contribution in [0.3, 0.4) is 0 Å². The van der Waals surface area contributed by atoms with E-state index in [2.05, 4.69) is 0 Å². The minimum atomic E-state index is -1.18. The summed E-state index contributed by atoms with van der Waals surface area (Å²) in [7, 11) is 0. The summed E-state index contributed by atoms with van der Waals surface area (Å²) in [5.74, 6) is -2.69. The largest absolute Gasteiger partial charge is 0.481 e. The topological polar surface area (TPSA) is 74.6 Å². The van der Waals surface area contributed by atoms with Gasteiger partial charge in [0.05, 0.1) is 12.0 Å². The molecule has 0 saturated carbocycles. The number of rotatable bonds is 5. The van der Waals surface area contributed by atoms with Crippen LogP contribution in [-0.2, 0) is 11.2 Å². The first kappa shape index (κ1) is 15.1. The summed E-state index contributed by atoms with van der Waals surface area (Å²) in [5, 5.41) is 17.4. The number of benzene rings is 2. The Morgan fingerprint density at radius 3 is 2.24 bits per heavy atom. The summed E-state index contributed by atoms with van der Waals surface area (Å²) in [4.78, 5) is 22.4. The van der Waals surface area contributed by atoms with Gasteiger partial charge in [0.25, 0.3) is 0 Å². The van der Waals surface area contributed by atoms with Crippen molar-refractivity contribution in [2.75, 3.05) is 0 Å². The van der Waals surface area contributed by atoms with Crippen molar-refractivity contribution in [3.8, 4) is 0 Å². The standard InChI is InChI=1S/C15H11FO4S/c16-12-8-10(15(19)20)3-6-13(12)21-11-4-1-9(2-5-11)7-14(17)18/h1-6,8H,7H2,(H,17,18)(H,19,20). The molecule has 2 aromatic rings. The molecule has 0 aliphatic rings. The number of hydrogen-bond acceptors (Lipinski definition) is 3. The molecular weight excluding hydrogens is 295 g/mol. The van der Waals surface area contributed by atoms with Gasteiger partial charge in [0, 0.05) is 9.79 Å². The van der Waals surface area contributed by atoms with Crippen LogP contribution in [0.15, 0.2) is 52.3 Å². The Bertz CT molecular complexity index is 683. The maximum absolute atomic E-state index is 13.8. The van der Waals surface area contributed by atoms with E-state index in [9.17, 15) is 14.0 Å². The van der Waals surface area contributed by atoms with E-state index in [0.29, 0.717) is 10.5 Å². The van der Waals surface area contributed by atoms with Gasteiger partial charge in [-0.05, 0) is 35.9 Å². The van der Waals surface area contributed by atoms with E-state index < -0.39 is 17.8 Å². The van der Waals surface area contributed by atoms with Crippen LogP contribution in [0.4, 0.5) is 4.39 Å². The molecule has 6 heteroatoms. The second-order valence-electron chi connectivity index (χ2n) is 4.27. The lowest BCUT2D eigenvalue weighted by Gasteiger charge is -2.05. The molecular formula is C15H11FO4S. The summed E-state index contributed by atoms with van der Waals surface area (Å²) in [6, 6.07) is 10.5. The predicted octanol–water partition coefficient (Wildman–Crippen LogP) is 3.30. The third-order valence-electron chi connectivity index (χ3n) is 2.69. The van der Waals surface area contributed by atoms with Crippen molar-refractivity contribution >= 4 is 23.7 Å². The lowest BCUT2D eigenvalue weighted by molar-refractivity contribution is -0.136. The van der Waals surface area contributed by atoms with Crippen molar-refractivity contribution in [3.05, 3.63) is 59.4 Å². The SMILES string of the molecule is O=C(O)Cc1ccc(Sc2ccc(C(=O)O)cc2F)cc1. The third kappa shape index (κ3) is 4.06. The Kier molecular flexibility index (Phi) is 4.59. The van der Waals surface area contributed by atoms with Crippen LogP contribution in [0.1, 0.15) is 15.9 Å². The van der Waals surface area contributed by atoms with E-state index >= 15 is 0 Å². The molecule has 2 aromatic carbocycles. The first-order valence-corrected chi connectivity index (χ1v) is 6.79. The number of hydrogen-bond donors (Lipinski definition) is 2. The van der Waals surface area contributed by atoms with Crippen LogP contribution >= 0.6 is 11.8 Å². The molecule has 0 saturated heterocycles. The molecule has 0 amide bonds. The molecule has 4 nitrogen and oxygen atoms in total. The zero-order valence-electron chi connectivity index (χ0n) is 10.7. The van der Waals surface area contributed by atoms with Gasteiger partial charge in [0.2, 0.25) is 0 Å². The van der Waals surface area contributed by atoms with E-state index in [1.807, 2.05) is 0 Å². The van der Waals surface area contributed by atoms with E-state index in [0.717, 1.165) is 22.7 Å². The van der Waals surface area contributed by atoms with E-state index in [1.54, 1.807) is 24.3 Å². The highest BCUT2D eigenvalue weighted by Gasteiger charge is 2.09. The van der Waals surface area contributed by atoms with Crippen LogP contribution < -0.4 is 0 Å². The summed E-state index contributed by atoms with van der Waals surface area (Å²) in [6.45, 7) is 0. The average Bonchev–Trinajstić information content (AvgIpc) is 2.42. The van der Waals surface area contributed by atoms with E-state index in [-0.39, 0.29) is 12.0 Å². The quantitative estimate of drug-likeness (QED) is 0.886. The van der Waals surface area contributed by atoms with Crippen LogP contribution in [-0.4, -0.2) is 22.2 Å². The molecule has 0 bridgehead atoms. The van der Waals surface area contributed by atoms with Crippen LogP contribution in [0.2, 0.25) is 0 Å². The summed E-state index contributed by atoms with van der Waals surface area (Å²) in [6.07, 6.45) is -0.0629. The van der Waals surface area contributed by atoms with Crippen LogP contribution in [0.25, 0.3) is 0 Å². The molecule has 0 spiro atoms. The average molecular weight is 306 g/mol. The van der Waals surface area contributed by atoms with Crippen molar-refractivity contribution in [1.82, 2.24) is 0 Å². The van der Waals surface area contributed by atoms with Gasteiger partial charge in [-0.3, -0.25) is 4.79 Å². The van der Waals surface area contributed by atoms with Crippen molar-refractivity contribution in [2.24, 2.45) is 0 Å². The zero-order chi connectivity index (χ0) is 15.4. The number of carboxylic acid groups (broad SMARTS) is 2. The second-order valence-corrected chi connectivity index (χ2v) is 5.38. The molecule has 108 valence electrons. The number of carboxylic acids is 2. The first-order valence-electron chi connectivity index (χ1n) is 5.97. The smallest absolute Gasteiger partial charge is 0.335 e. The second kappa shape index (κ2) is 6.41. The molecule has 0 heterocycles. The highest BCUT2D eigenvalue weighted by atomic mass is 32.2. The molecule has 0 radical (unpaired) electrons. The highest BCUT2D eigenvalue weighted by molar-refractivity contribution is 7.99. The summed E-state index contributed by atoms with van der Waals surface area (Å²) < 4.78 is 13.8. The van der Waals surface area contributed by atoms with Gasteiger partial charge in [0.15, 0.2) is 0 Å². The van der Waals surface area contributed by atoms with Gasteiger partial charge in [-0.15, -0.1) is 0 Å². The minimum Gasteiger partial charge on any atom is -0.481 e. The Labute approximate surface area is 124 Å². The fourth-order valence-electron chi connectivity index (χ4n) is 1.69. The highest BCUT2D eigenvalue weighted by Crippen LogP contribution is 2.30. The van der Waals surface area contributed by atoms with E-state index in [1.165, 1.54) is 12.1 Å². The molecule has 0 aromatic heterocycles. The molecule has 0 fully saturated rings. The number of aromatic carboxylic acids is 1. The molecule has 21 heavy (non-hydrogen) atoms. The zero-order valence-corrected chi connectivity index (χ0v) is 11.6. The van der Waals surface area contributed by atoms with Crippen LogP contribution in [0, 0.1) is 5.82 Å². The maximum atomic E-state index is 13.8. The number of halogens is 1. The molecule has 0 atom stereocenters. The van der Waals surface area contributed by atoms with Crippen molar-refractivity contribution in [3.63, 3.8) is 0 Å². The van der Waals surface area contributed by atoms with Crippen molar-refractivity contribution in [1.29, 1.82) is 0 Å². The molecule has 0 unspecified atom stereocenters. The first-order chi connectivity index (χ1) is 9.95. The van der Waals surface area contributed by atoms with E-state index in [4.69, 9.17) is 10.2 Å². The normalized spacial score (nSPS) is 10.3. The Balaban J connectivity index is 2.14.